The highest BCUT2D eigenvalue weighted by molar-refractivity contribution is 9.10. The number of rotatable bonds is 7. The van der Waals surface area contributed by atoms with Gasteiger partial charge in [-0.25, -0.2) is 0 Å². The topological polar surface area (TPSA) is 40.5 Å². The van der Waals surface area contributed by atoms with Crippen molar-refractivity contribution in [3.05, 3.63) is 28.2 Å². The molecule has 0 aromatic heterocycles. The Bertz CT molecular complexity index is 391. The van der Waals surface area contributed by atoms with Crippen LogP contribution in [0.25, 0.3) is 0 Å². The van der Waals surface area contributed by atoms with Crippen LogP contribution in [-0.2, 0) is 0 Å². The van der Waals surface area contributed by atoms with Crippen LogP contribution in [0.4, 0.5) is 5.69 Å². The van der Waals surface area contributed by atoms with Crippen molar-refractivity contribution in [2.45, 2.75) is 32.7 Å². The van der Waals surface area contributed by atoms with Crippen LogP contribution in [-0.4, -0.2) is 30.6 Å². The summed E-state index contributed by atoms with van der Waals surface area (Å²) in [7, 11) is 0. The Morgan fingerprint density at radius 1 is 1.39 bits per heavy atom. The third-order valence-corrected chi connectivity index (χ3v) is 3.78. The van der Waals surface area contributed by atoms with Crippen LogP contribution in [0.1, 0.15) is 37.0 Å². The molecule has 18 heavy (non-hydrogen) atoms. The molecule has 1 aromatic rings. The van der Waals surface area contributed by atoms with E-state index >= 15 is 0 Å². The number of hydrogen-bond acceptors (Lipinski definition) is 3. The molecule has 0 saturated heterocycles. The lowest BCUT2D eigenvalue weighted by Gasteiger charge is -2.33. The lowest BCUT2D eigenvalue weighted by Crippen LogP contribution is -2.37. The van der Waals surface area contributed by atoms with E-state index in [4.69, 9.17) is 0 Å². The average molecular weight is 314 g/mol. The van der Waals surface area contributed by atoms with Crippen LogP contribution in [0.2, 0.25) is 0 Å². The van der Waals surface area contributed by atoms with Gasteiger partial charge >= 0.3 is 0 Å². The van der Waals surface area contributed by atoms with Gasteiger partial charge in [0, 0.05) is 22.6 Å². The molecule has 1 N–H and O–H groups in total. The summed E-state index contributed by atoms with van der Waals surface area (Å²) in [5.74, 6) is 0. The van der Waals surface area contributed by atoms with E-state index in [1.807, 2.05) is 12.1 Å². The molecule has 0 bridgehead atoms. The molecule has 0 unspecified atom stereocenters. The van der Waals surface area contributed by atoms with Gasteiger partial charge < -0.3 is 10.0 Å². The largest absolute Gasteiger partial charge is 0.395 e. The Morgan fingerprint density at radius 3 is 2.50 bits per heavy atom. The minimum Gasteiger partial charge on any atom is -0.395 e. The second-order valence-electron chi connectivity index (χ2n) is 4.22. The highest BCUT2D eigenvalue weighted by atomic mass is 79.9. The number of carbonyl (C=O) groups is 1. The Kier molecular flexibility index (Phi) is 6.36. The first-order valence-electron chi connectivity index (χ1n) is 6.30. The van der Waals surface area contributed by atoms with Gasteiger partial charge in [-0.15, -0.1) is 0 Å². The molecular formula is C14H20BrNO2. The van der Waals surface area contributed by atoms with E-state index in [2.05, 4.69) is 34.7 Å². The molecule has 0 atom stereocenters. The summed E-state index contributed by atoms with van der Waals surface area (Å²) in [6, 6.07) is 5.95. The first-order chi connectivity index (χ1) is 8.67. The molecule has 0 radical (unpaired) electrons. The molecule has 0 fully saturated rings. The quantitative estimate of drug-likeness (QED) is 0.786. The number of nitrogens with zero attached hydrogens (tertiary/aromatic N) is 1. The minimum absolute atomic E-state index is 0.123. The van der Waals surface area contributed by atoms with Gasteiger partial charge in [0.15, 0.2) is 0 Å². The molecule has 0 spiro atoms. The number of aldehydes is 1. The summed E-state index contributed by atoms with van der Waals surface area (Å²) in [5, 5.41) is 9.22. The van der Waals surface area contributed by atoms with Gasteiger partial charge in [0.05, 0.1) is 12.3 Å². The van der Waals surface area contributed by atoms with Crippen molar-refractivity contribution in [1.82, 2.24) is 0 Å². The third kappa shape index (κ3) is 3.56. The van der Waals surface area contributed by atoms with Crippen molar-refractivity contribution in [2.24, 2.45) is 0 Å². The number of carbonyl (C=O) groups excluding carboxylic acids is 1. The highest BCUT2D eigenvalue weighted by Crippen LogP contribution is 2.29. The standard InChI is InChI=1S/C14H20BrNO2/c1-3-12(4-2)16(7-8-17)14-6-5-11(10-18)9-13(14)15/h5-6,9-10,12,17H,3-4,7-8H2,1-2H3. The van der Waals surface area contributed by atoms with Gasteiger partial charge in [0.2, 0.25) is 0 Å². The predicted molar refractivity (Wildman–Crippen MR) is 78.3 cm³/mol. The minimum atomic E-state index is 0.123. The molecular weight excluding hydrogens is 294 g/mol. The zero-order valence-electron chi connectivity index (χ0n) is 10.9. The Morgan fingerprint density at radius 2 is 2.06 bits per heavy atom. The molecule has 1 rings (SSSR count). The zero-order chi connectivity index (χ0) is 13.5. The van der Waals surface area contributed by atoms with Crippen molar-refractivity contribution in [3.8, 4) is 0 Å². The lowest BCUT2D eigenvalue weighted by atomic mass is 10.1. The van der Waals surface area contributed by atoms with Crippen LogP contribution in [0.5, 0.6) is 0 Å². The molecule has 4 heteroatoms. The first kappa shape index (κ1) is 15.2. The second-order valence-corrected chi connectivity index (χ2v) is 5.07. The van der Waals surface area contributed by atoms with Gasteiger partial charge in [-0.1, -0.05) is 13.8 Å². The van der Waals surface area contributed by atoms with E-state index in [0.29, 0.717) is 18.2 Å². The van der Waals surface area contributed by atoms with E-state index in [0.717, 1.165) is 29.3 Å². The summed E-state index contributed by atoms with van der Waals surface area (Å²) >= 11 is 3.50. The van der Waals surface area contributed by atoms with Gasteiger partial charge in [-0.3, -0.25) is 4.79 Å². The van der Waals surface area contributed by atoms with E-state index in [9.17, 15) is 9.90 Å². The van der Waals surface area contributed by atoms with E-state index in [-0.39, 0.29) is 6.61 Å². The van der Waals surface area contributed by atoms with Crippen LogP contribution in [0, 0.1) is 0 Å². The van der Waals surface area contributed by atoms with E-state index < -0.39 is 0 Å². The molecule has 0 aliphatic heterocycles. The van der Waals surface area contributed by atoms with Crippen molar-refractivity contribution >= 4 is 27.9 Å². The molecule has 0 aliphatic rings. The lowest BCUT2D eigenvalue weighted by molar-refractivity contribution is 0.112. The molecule has 0 amide bonds. The predicted octanol–water partition coefficient (Wildman–Crippen LogP) is 3.25. The third-order valence-electron chi connectivity index (χ3n) is 3.14. The Labute approximate surface area is 117 Å². The van der Waals surface area contributed by atoms with E-state index in [1.54, 1.807) is 6.07 Å². The van der Waals surface area contributed by atoms with Crippen molar-refractivity contribution < 1.29 is 9.90 Å². The second kappa shape index (κ2) is 7.54. The molecule has 100 valence electrons. The molecule has 3 nitrogen and oxygen atoms in total. The number of hydrogen-bond donors (Lipinski definition) is 1. The van der Waals surface area contributed by atoms with Gasteiger partial charge in [-0.2, -0.15) is 0 Å². The molecule has 0 aliphatic carbocycles. The number of benzene rings is 1. The van der Waals surface area contributed by atoms with Gasteiger partial charge in [-0.05, 0) is 47.0 Å². The van der Waals surface area contributed by atoms with Crippen molar-refractivity contribution in [3.63, 3.8) is 0 Å². The van der Waals surface area contributed by atoms with Crippen LogP contribution in [0.3, 0.4) is 0 Å². The number of halogens is 1. The van der Waals surface area contributed by atoms with Gasteiger partial charge in [0.1, 0.15) is 6.29 Å². The van der Waals surface area contributed by atoms with Crippen molar-refractivity contribution in [2.75, 3.05) is 18.1 Å². The summed E-state index contributed by atoms with van der Waals surface area (Å²) in [4.78, 5) is 12.9. The number of anilines is 1. The van der Waals surface area contributed by atoms with Crippen molar-refractivity contribution in [1.29, 1.82) is 0 Å². The smallest absolute Gasteiger partial charge is 0.150 e. The SMILES string of the molecule is CCC(CC)N(CCO)c1ccc(C=O)cc1Br. The van der Waals surface area contributed by atoms with E-state index in [1.165, 1.54) is 0 Å². The number of aliphatic hydroxyl groups is 1. The summed E-state index contributed by atoms with van der Waals surface area (Å²) < 4.78 is 0.896. The van der Waals surface area contributed by atoms with Crippen LogP contribution < -0.4 is 4.90 Å². The highest BCUT2D eigenvalue weighted by Gasteiger charge is 2.17. The van der Waals surface area contributed by atoms with Gasteiger partial charge in [0.25, 0.3) is 0 Å². The summed E-state index contributed by atoms with van der Waals surface area (Å²) in [5.41, 5.74) is 1.68. The van der Waals surface area contributed by atoms with Crippen LogP contribution >= 0.6 is 15.9 Å². The Hall–Kier alpha value is -0.870. The number of aliphatic hydroxyl groups excluding tert-OH is 1. The average Bonchev–Trinajstić information content (AvgIpc) is 2.39. The van der Waals surface area contributed by atoms with Crippen LogP contribution in [0.15, 0.2) is 22.7 Å². The molecule has 0 saturated carbocycles. The fraction of sp³-hybridized carbons (Fsp3) is 0.500. The fourth-order valence-corrected chi connectivity index (χ4v) is 2.79. The maximum atomic E-state index is 10.7. The molecule has 0 heterocycles. The fourth-order valence-electron chi connectivity index (χ4n) is 2.17. The normalized spacial score (nSPS) is 10.7. The monoisotopic (exact) mass is 313 g/mol. The maximum Gasteiger partial charge on any atom is 0.150 e. The summed E-state index contributed by atoms with van der Waals surface area (Å²) in [6.07, 6.45) is 2.89. The molecule has 1 aromatic carbocycles. The first-order valence-corrected chi connectivity index (χ1v) is 7.09. The summed E-state index contributed by atoms with van der Waals surface area (Å²) in [6.45, 7) is 5.02. The Balaban J connectivity index is 3.08. The zero-order valence-corrected chi connectivity index (χ0v) is 12.5. The maximum absolute atomic E-state index is 10.7.